The van der Waals surface area contributed by atoms with E-state index < -0.39 is 6.10 Å². The Morgan fingerprint density at radius 3 is 2.32 bits per heavy atom. The van der Waals surface area contributed by atoms with Crippen LogP contribution in [-0.4, -0.2) is 12.2 Å². The van der Waals surface area contributed by atoms with Gasteiger partial charge in [0.05, 0.1) is 13.2 Å². The van der Waals surface area contributed by atoms with E-state index in [-0.39, 0.29) is 0 Å². The fourth-order valence-corrected chi connectivity index (χ4v) is 1.97. The van der Waals surface area contributed by atoms with Crippen LogP contribution in [0.1, 0.15) is 23.7 Å². The fraction of sp³-hybridized carbons (Fsp3) is 0.176. The molecule has 1 atom stereocenters. The molecule has 0 aliphatic rings. The Morgan fingerprint density at radius 1 is 1.11 bits per heavy atom. The van der Waals surface area contributed by atoms with Crippen LogP contribution in [0, 0.1) is 0 Å². The van der Waals surface area contributed by atoms with Gasteiger partial charge in [0.15, 0.2) is 0 Å². The third kappa shape index (κ3) is 3.46. The highest BCUT2D eigenvalue weighted by molar-refractivity contribution is 5.64. The largest absolute Gasteiger partial charge is 0.497 e. The predicted molar refractivity (Wildman–Crippen MR) is 78.0 cm³/mol. The summed E-state index contributed by atoms with van der Waals surface area (Å²) >= 11 is 0. The van der Waals surface area contributed by atoms with Gasteiger partial charge in [0.2, 0.25) is 0 Å². The van der Waals surface area contributed by atoms with Crippen molar-refractivity contribution >= 4 is 5.57 Å². The molecule has 98 valence electrons. The number of hydrogen-bond acceptors (Lipinski definition) is 2. The summed E-state index contributed by atoms with van der Waals surface area (Å²) in [6.07, 6.45) is 0.00637. The van der Waals surface area contributed by atoms with Gasteiger partial charge in [0.1, 0.15) is 5.75 Å². The quantitative estimate of drug-likeness (QED) is 0.878. The van der Waals surface area contributed by atoms with E-state index in [0.717, 1.165) is 22.4 Å². The number of aliphatic hydroxyl groups is 1. The lowest BCUT2D eigenvalue weighted by molar-refractivity contribution is 0.184. The van der Waals surface area contributed by atoms with Crippen LogP contribution in [0.4, 0.5) is 0 Å². The van der Waals surface area contributed by atoms with Gasteiger partial charge >= 0.3 is 0 Å². The van der Waals surface area contributed by atoms with Crippen LogP contribution in [0.3, 0.4) is 0 Å². The summed E-state index contributed by atoms with van der Waals surface area (Å²) in [5.74, 6) is 0.820. The van der Waals surface area contributed by atoms with Crippen molar-refractivity contribution in [2.24, 2.45) is 0 Å². The maximum Gasteiger partial charge on any atom is 0.118 e. The average Bonchev–Trinajstić information content (AvgIpc) is 2.48. The minimum absolute atomic E-state index is 0.518. The number of ether oxygens (including phenoxy) is 1. The second-order valence-corrected chi connectivity index (χ2v) is 4.46. The first kappa shape index (κ1) is 13.4. The Hall–Kier alpha value is -2.06. The SMILES string of the molecule is C=C(CC(O)c1ccccc1)c1ccc(OC)cc1. The molecule has 1 N–H and O–H groups in total. The zero-order valence-electron chi connectivity index (χ0n) is 11.0. The molecular weight excluding hydrogens is 236 g/mol. The van der Waals surface area contributed by atoms with E-state index in [0.29, 0.717) is 6.42 Å². The predicted octanol–water partition coefficient (Wildman–Crippen LogP) is 3.83. The van der Waals surface area contributed by atoms with Gasteiger partial charge in [0.25, 0.3) is 0 Å². The van der Waals surface area contributed by atoms with E-state index in [1.807, 2.05) is 54.6 Å². The number of hydrogen-bond donors (Lipinski definition) is 1. The zero-order chi connectivity index (χ0) is 13.7. The molecule has 2 rings (SSSR count). The summed E-state index contributed by atoms with van der Waals surface area (Å²) in [4.78, 5) is 0. The second kappa shape index (κ2) is 6.21. The van der Waals surface area contributed by atoms with E-state index >= 15 is 0 Å². The molecule has 2 heteroatoms. The van der Waals surface area contributed by atoms with E-state index in [4.69, 9.17) is 4.74 Å². The van der Waals surface area contributed by atoms with Crippen LogP contribution in [-0.2, 0) is 0 Å². The highest BCUT2D eigenvalue weighted by Crippen LogP contribution is 2.27. The Morgan fingerprint density at radius 2 is 1.74 bits per heavy atom. The average molecular weight is 254 g/mol. The summed E-state index contributed by atoms with van der Waals surface area (Å²) in [6, 6.07) is 17.3. The Kier molecular flexibility index (Phi) is 4.37. The minimum Gasteiger partial charge on any atom is -0.497 e. The van der Waals surface area contributed by atoms with Crippen LogP contribution >= 0.6 is 0 Å². The lowest BCUT2D eigenvalue weighted by Crippen LogP contribution is -1.98. The first-order chi connectivity index (χ1) is 9.20. The third-order valence-corrected chi connectivity index (χ3v) is 3.12. The molecule has 1 unspecified atom stereocenters. The standard InChI is InChI=1S/C17H18O2/c1-13(14-8-10-16(19-2)11-9-14)12-17(18)15-6-4-3-5-7-15/h3-11,17-18H,1,12H2,2H3. The van der Waals surface area contributed by atoms with Gasteiger partial charge < -0.3 is 9.84 Å². The van der Waals surface area contributed by atoms with Crippen molar-refractivity contribution in [2.45, 2.75) is 12.5 Å². The second-order valence-electron chi connectivity index (χ2n) is 4.46. The lowest BCUT2D eigenvalue weighted by atomic mass is 9.97. The molecule has 0 fully saturated rings. The highest BCUT2D eigenvalue weighted by Gasteiger charge is 2.10. The number of aliphatic hydroxyl groups excluding tert-OH is 1. The van der Waals surface area contributed by atoms with Crippen LogP contribution in [0.5, 0.6) is 5.75 Å². The molecule has 0 aromatic heterocycles. The maximum atomic E-state index is 10.2. The molecule has 0 aliphatic heterocycles. The molecule has 2 aromatic carbocycles. The minimum atomic E-state index is -0.518. The van der Waals surface area contributed by atoms with Crippen molar-refractivity contribution in [3.05, 3.63) is 72.3 Å². The van der Waals surface area contributed by atoms with Crippen LogP contribution in [0.25, 0.3) is 5.57 Å². The van der Waals surface area contributed by atoms with Gasteiger partial charge in [0, 0.05) is 6.42 Å². The van der Waals surface area contributed by atoms with Crippen molar-refractivity contribution in [1.82, 2.24) is 0 Å². The molecule has 0 heterocycles. The monoisotopic (exact) mass is 254 g/mol. The summed E-state index contributed by atoms with van der Waals surface area (Å²) < 4.78 is 5.12. The molecule has 0 saturated heterocycles. The molecule has 2 nitrogen and oxygen atoms in total. The van der Waals surface area contributed by atoms with Gasteiger partial charge in [-0.2, -0.15) is 0 Å². The Labute approximate surface area is 114 Å². The molecule has 0 saturated carbocycles. The number of benzene rings is 2. The van der Waals surface area contributed by atoms with Crippen molar-refractivity contribution in [3.63, 3.8) is 0 Å². The molecule has 19 heavy (non-hydrogen) atoms. The summed E-state index contributed by atoms with van der Waals surface area (Å²) in [7, 11) is 1.64. The third-order valence-electron chi connectivity index (χ3n) is 3.12. The fourth-order valence-electron chi connectivity index (χ4n) is 1.97. The molecule has 0 amide bonds. The Balaban J connectivity index is 2.04. The first-order valence-electron chi connectivity index (χ1n) is 6.26. The molecular formula is C17H18O2. The van der Waals surface area contributed by atoms with Crippen LogP contribution in [0.2, 0.25) is 0 Å². The summed E-state index contributed by atoms with van der Waals surface area (Å²) in [5.41, 5.74) is 2.85. The van der Waals surface area contributed by atoms with Gasteiger partial charge in [-0.3, -0.25) is 0 Å². The number of methoxy groups -OCH3 is 1. The van der Waals surface area contributed by atoms with Crippen molar-refractivity contribution in [3.8, 4) is 5.75 Å². The van der Waals surface area contributed by atoms with Crippen molar-refractivity contribution < 1.29 is 9.84 Å². The molecule has 0 radical (unpaired) electrons. The summed E-state index contributed by atoms with van der Waals surface area (Å²) in [6.45, 7) is 4.05. The van der Waals surface area contributed by atoms with Crippen LogP contribution in [0.15, 0.2) is 61.2 Å². The van der Waals surface area contributed by atoms with Gasteiger partial charge in [-0.1, -0.05) is 49.0 Å². The normalized spacial score (nSPS) is 11.9. The molecule has 0 spiro atoms. The molecule has 0 aliphatic carbocycles. The Bertz CT molecular complexity index is 529. The van der Waals surface area contributed by atoms with E-state index in [1.54, 1.807) is 7.11 Å². The van der Waals surface area contributed by atoms with E-state index in [1.165, 1.54) is 0 Å². The van der Waals surface area contributed by atoms with Crippen LogP contribution < -0.4 is 4.74 Å². The maximum absolute atomic E-state index is 10.2. The van der Waals surface area contributed by atoms with Gasteiger partial charge in [-0.25, -0.2) is 0 Å². The highest BCUT2D eigenvalue weighted by atomic mass is 16.5. The van der Waals surface area contributed by atoms with Gasteiger partial charge in [-0.15, -0.1) is 0 Å². The van der Waals surface area contributed by atoms with Gasteiger partial charge in [-0.05, 0) is 28.8 Å². The van der Waals surface area contributed by atoms with E-state index in [2.05, 4.69) is 6.58 Å². The zero-order valence-corrected chi connectivity index (χ0v) is 11.0. The summed E-state index contributed by atoms with van der Waals surface area (Å²) in [5, 5.41) is 10.2. The lowest BCUT2D eigenvalue weighted by Gasteiger charge is -2.13. The molecule has 0 bridgehead atoms. The topological polar surface area (TPSA) is 29.5 Å². The van der Waals surface area contributed by atoms with Crippen molar-refractivity contribution in [1.29, 1.82) is 0 Å². The van der Waals surface area contributed by atoms with Crippen molar-refractivity contribution in [2.75, 3.05) is 7.11 Å². The van der Waals surface area contributed by atoms with E-state index in [9.17, 15) is 5.11 Å². The smallest absolute Gasteiger partial charge is 0.118 e. The number of rotatable bonds is 5. The molecule has 2 aromatic rings. The first-order valence-corrected chi connectivity index (χ1v) is 6.26.